The van der Waals surface area contributed by atoms with Crippen molar-refractivity contribution in [3.8, 4) is 0 Å². The molecule has 1 aliphatic rings. The van der Waals surface area contributed by atoms with E-state index in [0.29, 0.717) is 10.6 Å². The number of hydrogen-bond acceptors (Lipinski definition) is 2. The van der Waals surface area contributed by atoms with Gasteiger partial charge in [-0.1, -0.05) is 17.7 Å². The lowest BCUT2D eigenvalue weighted by atomic mass is 10.1. The molecule has 0 amide bonds. The molecule has 5 heteroatoms. The third-order valence-corrected chi connectivity index (χ3v) is 4.60. The van der Waals surface area contributed by atoms with Crippen molar-refractivity contribution in [1.29, 1.82) is 0 Å². The van der Waals surface area contributed by atoms with E-state index in [-0.39, 0.29) is 11.9 Å². The van der Waals surface area contributed by atoms with Crippen LogP contribution in [0, 0.1) is 6.92 Å². The normalized spacial score (nSPS) is 19.3. The summed E-state index contributed by atoms with van der Waals surface area (Å²) in [7, 11) is -2.30. The second-order valence-electron chi connectivity index (χ2n) is 4.72. The van der Waals surface area contributed by atoms with E-state index in [1.807, 2.05) is 49.9 Å². The molecule has 1 atom stereocenters. The van der Waals surface area contributed by atoms with Crippen molar-refractivity contribution in [1.82, 2.24) is 0 Å². The van der Waals surface area contributed by atoms with Gasteiger partial charge in [0.1, 0.15) is 0 Å². The maximum Gasteiger partial charge on any atom is 0.238 e. The summed E-state index contributed by atoms with van der Waals surface area (Å²) in [5.41, 5.74) is 3.73. The van der Waals surface area contributed by atoms with Crippen molar-refractivity contribution < 1.29 is 8.42 Å². The van der Waals surface area contributed by atoms with Crippen LogP contribution in [0.15, 0.2) is 35.4 Å². The van der Waals surface area contributed by atoms with Crippen LogP contribution in [0.4, 0.5) is 5.69 Å². The molecule has 0 saturated heterocycles. The van der Waals surface area contributed by atoms with E-state index in [2.05, 4.69) is 0 Å². The molecule has 0 N–H and O–H groups in total. The van der Waals surface area contributed by atoms with Gasteiger partial charge in [0.25, 0.3) is 0 Å². The molecule has 0 fully saturated rings. The highest BCUT2D eigenvalue weighted by Gasteiger charge is 2.33. The van der Waals surface area contributed by atoms with Crippen LogP contribution in [-0.4, -0.2) is 25.3 Å². The molecule has 19 heavy (non-hydrogen) atoms. The first-order chi connectivity index (χ1) is 8.97. The second kappa shape index (κ2) is 5.39. The quantitative estimate of drug-likeness (QED) is 0.622. The summed E-state index contributed by atoms with van der Waals surface area (Å²) in [5.74, 6) is 0.210. The standard InChI is InChI=1S/C14H16ClNO2S/c1-9-4-6-12(7-5-9)16-11(3)10(2)13(8-15)14(16)19(17)18/h4-7,11H,8H2,1-3H3. The highest BCUT2D eigenvalue weighted by Crippen LogP contribution is 2.31. The number of alkyl halides is 1. The molecule has 0 aliphatic carbocycles. The summed E-state index contributed by atoms with van der Waals surface area (Å²) in [4.78, 5) is 2.12. The number of nitrogens with zero attached hydrogens (tertiary/aromatic N) is 1. The molecule has 1 aliphatic heterocycles. The Balaban J connectivity index is 2.59. The molecule has 0 spiro atoms. The lowest BCUT2D eigenvalue weighted by Gasteiger charge is -2.25. The molecule has 1 unspecified atom stereocenters. The molecule has 102 valence electrons. The van der Waals surface area contributed by atoms with E-state index in [0.717, 1.165) is 16.8 Å². The smallest absolute Gasteiger partial charge is 0.238 e. The van der Waals surface area contributed by atoms with Crippen molar-refractivity contribution >= 4 is 32.6 Å². The number of halogens is 1. The summed E-state index contributed by atoms with van der Waals surface area (Å²) in [6, 6.07) is 7.82. The average Bonchev–Trinajstić information content (AvgIpc) is 2.63. The second-order valence-corrected chi connectivity index (χ2v) is 5.84. The van der Waals surface area contributed by atoms with Crippen LogP contribution in [0.2, 0.25) is 0 Å². The molecule has 0 bridgehead atoms. The fourth-order valence-corrected chi connectivity index (χ4v) is 3.60. The van der Waals surface area contributed by atoms with E-state index in [9.17, 15) is 8.42 Å². The Morgan fingerprint density at radius 2 is 1.79 bits per heavy atom. The van der Waals surface area contributed by atoms with Crippen molar-refractivity contribution in [3.05, 3.63) is 41.0 Å². The van der Waals surface area contributed by atoms with Crippen LogP contribution >= 0.6 is 11.6 Å². The van der Waals surface area contributed by atoms with Gasteiger partial charge in [0.15, 0.2) is 4.99 Å². The van der Waals surface area contributed by atoms with Gasteiger partial charge in [-0.3, -0.25) is 0 Å². The Morgan fingerprint density at radius 3 is 2.26 bits per heavy atom. The van der Waals surface area contributed by atoms with E-state index < -0.39 is 10.3 Å². The van der Waals surface area contributed by atoms with Crippen LogP contribution in [0.25, 0.3) is 0 Å². The topological polar surface area (TPSA) is 37.4 Å². The van der Waals surface area contributed by atoms with Gasteiger partial charge in [-0.2, -0.15) is 8.42 Å². The van der Waals surface area contributed by atoms with Gasteiger partial charge in [-0.25, -0.2) is 0 Å². The van der Waals surface area contributed by atoms with E-state index in [1.165, 1.54) is 0 Å². The average molecular weight is 298 g/mol. The molecular weight excluding hydrogens is 282 g/mol. The van der Waals surface area contributed by atoms with Crippen LogP contribution in [0.5, 0.6) is 0 Å². The number of hydrogen-bond donors (Lipinski definition) is 0. The zero-order valence-corrected chi connectivity index (χ0v) is 12.7. The van der Waals surface area contributed by atoms with Gasteiger partial charge in [-0.15, -0.1) is 11.6 Å². The van der Waals surface area contributed by atoms with Gasteiger partial charge >= 0.3 is 0 Å². The number of rotatable bonds is 2. The first-order valence-electron chi connectivity index (χ1n) is 6.05. The van der Waals surface area contributed by atoms with Crippen LogP contribution in [0.1, 0.15) is 19.4 Å². The minimum Gasteiger partial charge on any atom is -0.322 e. The first kappa shape index (κ1) is 14.2. The van der Waals surface area contributed by atoms with Crippen molar-refractivity contribution in [3.63, 3.8) is 0 Å². The zero-order chi connectivity index (χ0) is 14.2. The van der Waals surface area contributed by atoms with Crippen molar-refractivity contribution in [2.24, 2.45) is 0 Å². The fourth-order valence-electron chi connectivity index (χ4n) is 2.33. The number of benzene rings is 1. The lowest BCUT2D eigenvalue weighted by molar-refractivity contribution is 0.626. The SMILES string of the molecule is CC1=C(CCl)C(=S(=O)=O)N(c2ccc(C)cc2)C1C. The minimum absolute atomic E-state index is 0.00403. The van der Waals surface area contributed by atoms with Crippen molar-refractivity contribution in [2.75, 3.05) is 10.8 Å². The highest BCUT2D eigenvalue weighted by molar-refractivity contribution is 7.73. The molecule has 1 aromatic rings. The van der Waals surface area contributed by atoms with Crippen LogP contribution < -0.4 is 4.90 Å². The van der Waals surface area contributed by atoms with E-state index >= 15 is 0 Å². The largest absolute Gasteiger partial charge is 0.322 e. The molecule has 3 nitrogen and oxygen atoms in total. The predicted octanol–water partition coefficient (Wildman–Crippen LogP) is 2.77. The molecule has 1 aromatic carbocycles. The predicted molar refractivity (Wildman–Crippen MR) is 80.5 cm³/mol. The summed E-state index contributed by atoms with van der Waals surface area (Å²) >= 11 is 5.91. The first-order valence-corrected chi connectivity index (χ1v) is 7.66. The Morgan fingerprint density at radius 1 is 1.21 bits per heavy atom. The Labute approximate surface area is 120 Å². The van der Waals surface area contributed by atoms with Gasteiger partial charge < -0.3 is 4.90 Å². The Kier molecular flexibility index (Phi) is 4.02. The van der Waals surface area contributed by atoms with Gasteiger partial charge in [-0.05, 0) is 38.5 Å². The van der Waals surface area contributed by atoms with Gasteiger partial charge in [0, 0.05) is 11.3 Å². The molecule has 0 aromatic heterocycles. The summed E-state index contributed by atoms with van der Waals surface area (Å²) in [6.45, 7) is 5.92. The maximum atomic E-state index is 11.5. The van der Waals surface area contributed by atoms with E-state index in [1.54, 1.807) is 0 Å². The maximum absolute atomic E-state index is 11.5. The van der Waals surface area contributed by atoms with Gasteiger partial charge in [0.05, 0.1) is 11.9 Å². The number of aryl methyl sites for hydroxylation is 1. The highest BCUT2D eigenvalue weighted by atomic mass is 35.5. The van der Waals surface area contributed by atoms with Crippen LogP contribution in [-0.2, 0) is 10.3 Å². The number of anilines is 1. The van der Waals surface area contributed by atoms with Gasteiger partial charge in [0.2, 0.25) is 10.3 Å². The third kappa shape index (κ3) is 2.42. The Bertz CT molecular complexity index is 651. The molecular formula is C14H16ClNO2S. The summed E-state index contributed by atoms with van der Waals surface area (Å²) in [6.07, 6.45) is 0. The van der Waals surface area contributed by atoms with Crippen molar-refractivity contribution in [2.45, 2.75) is 26.8 Å². The lowest BCUT2D eigenvalue weighted by Crippen LogP contribution is -2.34. The molecule has 0 radical (unpaired) electrons. The molecule has 2 rings (SSSR count). The Hall–Kier alpha value is -1.26. The van der Waals surface area contributed by atoms with E-state index in [4.69, 9.17) is 11.6 Å². The minimum atomic E-state index is -2.30. The third-order valence-electron chi connectivity index (χ3n) is 3.57. The summed E-state index contributed by atoms with van der Waals surface area (Å²) in [5, 5.41) is 0. The summed E-state index contributed by atoms with van der Waals surface area (Å²) < 4.78 is 23.1. The van der Waals surface area contributed by atoms with Crippen LogP contribution in [0.3, 0.4) is 0 Å². The molecule has 0 saturated carbocycles. The fraction of sp³-hybridized carbons (Fsp3) is 0.357. The zero-order valence-electron chi connectivity index (χ0n) is 11.1. The monoisotopic (exact) mass is 297 g/mol. The molecule has 1 heterocycles.